The molecule has 3 aliphatic carbocycles. The molecule has 0 bridgehead atoms. The molecule has 2 N–H and O–H groups in total. The van der Waals surface area contributed by atoms with Crippen molar-refractivity contribution in [2.24, 2.45) is 34.5 Å². The first-order valence-electron chi connectivity index (χ1n) is 16.6. The quantitative estimate of drug-likeness (QED) is 0.342. The van der Waals surface area contributed by atoms with E-state index in [-0.39, 0.29) is 42.7 Å². The Bertz CT molecular complexity index is 1830. The number of carbonyl (C=O) groups is 6. The first-order chi connectivity index (χ1) is 23.0. The first kappa shape index (κ1) is 37.1. The molecule has 3 aliphatic rings. The van der Waals surface area contributed by atoms with Gasteiger partial charge in [-0.3, -0.25) is 28.8 Å². The van der Waals surface area contributed by atoms with E-state index in [0.29, 0.717) is 16.7 Å². The lowest BCUT2D eigenvalue weighted by Gasteiger charge is -2.62. The lowest BCUT2D eigenvalue weighted by atomic mass is 9.39. The van der Waals surface area contributed by atoms with Gasteiger partial charge in [0.15, 0.2) is 28.7 Å². The molecule has 0 amide bonds. The Kier molecular flexibility index (Phi) is 9.08. The maximum absolute atomic E-state index is 14.6. The number of halogens is 3. The molecule has 2 aromatic carbocycles. The summed E-state index contributed by atoms with van der Waals surface area (Å²) in [5.41, 5.74) is -4.22. The van der Waals surface area contributed by atoms with Gasteiger partial charge in [0.05, 0.1) is 11.5 Å². The van der Waals surface area contributed by atoms with Crippen LogP contribution in [-0.4, -0.2) is 56.9 Å². The molecule has 0 radical (unpaired) electrons. The zero-order valence-electron chi connectivity index (χ0n) is 29.0. The number of fused-ring (bicyclic) bond motifs is 3. The fraction of sp³-hybridized carbons (Fsp3) is 0.526. The number of carbonyl (C=O) groups excluding carboxylic acids is 6. The second-order valence-electron chi connectivity index (χ2n) is 15.4. The molecule has 268 valence electrons. The van der Waals surface area contributed by atoms with Gasteiger partial charge in [0.1, 0.15) is 29.0 Å². The van der Waals surface area contributed by atoms with E-state index in [0.717, 1.165) is 19.1 Å². The number of hydrogen-bond acceptors (Lipinski definition) is 9. The molecule has 3 unspecified atom stereocenters. The molecule has 2 fully saturated rings. The Labute approximate surface area is 287 Å². The number of benzene rings is 2. The summed E-state index contributed by atoms with van der Waals surface area (Å²) in [4.78, 5) is 82.5. The normalized spacial score (nSPS) is 29.5. The molecule has 0 saturated heterocycles. The molecular formula is C38H41F3O9. The predicted molar refractivity (Wildman–Crippen MR) is 173 cm³/mol. The van der Waals surface area contributed by atoms with Crippen LogP contribution < -0.4 is 4.74 Å². The van der Waals surface area contributed by atoms with E-state index in [1.165, 1.54) is 19.1 Å². The number of phenolic OH excluding ortho intramolecular Hbond substituents is 1. The van der Waals surface area contributed by atoms with Crippen LogP contribution in [0.3, 0.4) is 0 Å². The van der Waals surface area contributed by atoms with Crippen LogP contribution in [0.4, 0.5) is 13.2 Å². The second kappa shape index (κ2) is 12.2. The smallest absolute Gasteiger partial charge is 0.507 e. The van der Waals surface area contributed by atoms with Crippen LogP contribution in [0.5, 0.6) is 11.5 Å². The van der Waals surface area contributed by atoms with Crippen LogP contribution in [0.1, 0.15) is 93.4 Å². The Morgan fingerprint density at radius 2 is 1.58 bits per heavy atom. The summed E-state index contributed by atoms with van der Waals surface area (Å²) in [7, 11) is 0. The van der Waals surface area contributed by atoms with Crippen molar-refractivity contribution >= 4 is 34.7 Å². The van der Waals surface area contributed by atoms with Gasteiger partial charge in [0.25, 0.3) is 0 Å². The van der Waals surface area contributed by atoms with Gasteiger partial charge in [-0.05, 0) is 65.8 Å². The predicted octanol–water partition coefficient (Wildman–Crippen LogP) is 5.47. The molecule has 2 aromatic rings. The van der Waals surface area contributed by atoms with Crippen molar-refractivity contribution in [3.8, 4) is 11.5 Å². The maximum Gasteiger partial charge on any atom is 0.573 e. The topological polar surface area (TPSA) is 152 Å². The lowest BCUT2D eigenvalue weighted by molar-refractivity contribution is -0.274. The number of alkyl halides is 3. The molecule has 0 heterocycles. The van der Waals surface area contributed by atoms with Gasteiger partial charge in [-0.1, -0.05) is 59.7 Å². The largest absolute Gasteiger partial charge is 0.573 e. The molecule has 9 nitrogen and oxygen atoms in total. The second-order valence-corrected chi connectivity index (χ2v) is 15.4. The van der Waals surface area contributed by atoms with Crippen molar-refractivity contribution in [3.05, 3.63) is 58.1 Å². The van der Waals surface area contributed by atoms with Crippen molar-refractivity contribution in [1.82, 2.24) is 0 Å². The van der Waals surface area contributed by atoms with Crippen molar-refractivity contribution in [2.75, 3.05) is 0 Å². The van der Waals surface area contributed by atoms with Crippen LogP contribution in [0.25, 0.3) is 0 Å². The van der Waals surface area contributed by atoms with Gasteiger partial charge in [0, 0.05) is 29.7 Å². The Balaban J connectivity index is 1.56. The molecule has 0 aromatic heterocycles. The molecule has 6 atom stereocenters. The van der Waals surface area contributed by atoms with E-state index in [1.54, 1.807) is 26.8 Å². The number of rotatable bonds is 8. The molecular weight excluding hydrogens is 657 g/mol. The average molecular weight is 699 g/mol. The molecule has 0 aliphatic heterocycles. The number of aromatic hydroxyl groups is 1. The third-order valence-corrected chi connectivity index (χ3v) is 11.1. The number of Topliss-reactive ketones (excluding diaryl/α,β-unsaturated/α-hetero) is 6. The van der Waals surface area contributed by atoms with E-state index >= 15 is 0 Å². The number of aliphatic hydroxyl groups is 1. The maximum atomic E-state index is 14.6. The minimum Gasteiger partial charge on any atom is -0.507 e. The van der Waals surface area contributed by atoms with Crippen LogP contribution in [0.2, 0.25) is 0 Å². The highest BCUT2D eigenvalue weighted by atomic mass is 19.4. The first-order valence-corrected chi connectivity index (χ1v) is 16.6. The van der Waals surface area contributed by atoms with Crippen LogP contribution in [0, 0.1) is 34.5 Å². The molecule has 50 heavy (non-hydrogen) atoms. The van der Waals surface area contributed by atoms with Crippen molar-refractivity contribution in [1.29, 1.82) is 0 Å². The number of hydrogen-bond donors (Lipinski definition) is 2. The zero-order chi connectivity index (χ0) is 37.5. The van der Waals surface area contributed by atoms with Gasteiger partial charge in [-0.15, -0.1) is 13.2 Å². The third-order valence-electron chi connectivity index (χ3n) is 11.1. The zero-order valence-corrected chi connectivity index (χ0v) is 29.0. The van der Waals surface area contributed by atoms with Gasteiger partial charge in [-0.2, -0.15) is 0 Å². The molecule has 0 spiro atoms. The monoisotopic (exact) mass is 698 g/mol. The summed E-state index contributed by atoms with van der Waals surface area (Å²) in [6.07, 6.45) is -5.41. The third kappa shape index (κ3) is 5.69. The lowest BCUT2D eigenvalue weighted by Crippen LogP contribution is -2.76. The number of ether oxygens (including phenoxy) is 1. The summed E-state index contributed by atoms with van der Waals surface area (Å²) >= 11 is 0. The Hall–Kier alpha value is -4.19. The Morgan fingerprint density at radius 3 is 2.10 bits per heavy atom. The molecule has 2 saturated carbocycles. The van der Waals surface area contributed by atoms with E-state index in [1.807, 2.05) is 13.8 Å². The summed E-state index contributed by atoms with van der Waals surface area (Å²) < 4.78 is 41.5. The van der Waals surface area contributed by atoms with Crippen molar-refractivity contribution in [3.63, 3.8) is 0 Å². The summed E-state index contributed by atoms with van der Waals surface area (Å²) in [6.45, 7) is 11.4. The SMILES string of the molecule is CC(=O)C1C(=O)C(C(C)C)[C@@]2(C)C[C@@]3(C)Cc4c(C(C)C)cc(CC(=O)Cc5ccc(OC(F)(F)F)cc5)c(O)c4C(=O)C3C(=O)[C@@]2(O)C1=O. The van der Waals surface area contributed by atoms with Gasteiger partial charge >= 0.3 is 6.36 Å². The summed E-state index contributed by atoms with van der Waals surface area (Å²) in [5.74, 6) is -11.2. The molecule has 12 heteroatoms. The number of ketones is 6. The summed E-state index contributed by atoms with van der Waals surface area (Å²) in [6, 6.07) is 6.41. The standard InChI is InChI=1S/C38H41F3O9/c1-17(2)24-14-21(13-22(43)12-20-8-10-23(11-9-20)50-38(39,40)41)30(44)27-25(24)15-35(6)16-36(7)28(18(3)4)31(45)26(19(5)42)33(47)37(36,49)34(48)29(35)32(27)46/h8-11,14,17-18,26,28-29,44,49H,12-13,15-16H2,1-7H3/t26?,28?,29?,35-,36-,37+/m1/s1. The van der Waals surface area contributed by atoms with E-state index in [4.69, 9.17) is 0 Å². The highest BCUT2D eigenvalue weighted by molar-refractivity contribution is 6.32. The summed E-state index contributed by atoms with van der Waals surface area (Å²) in [5, 5.41) is 23.8. The highest BCUT2D eigenvalue weighted by Crippen LogP contribution is 2.64. The van der Waals surface area contributed by atoms with Gasteiger partial charge in [0.2, 0.25) is 0 Å². The fourth-order valence-electron chi connectivity index (χ4n) is 9.25. The fourth-order valence-corrected chi connectivity index (χ4v) is 9.25. The van der Waals surface area contributed by atoms with Crippen LogP contribution in [0.15, 0.2) is 30.3 Å². The van der Waals surface area contributed by atoms with Gasteiger partial charge < -0.3 is 14.9 Å². The minimum atomic E-state index is -4.87. The van der Waals surface area contributed by atoms with Crippen molar-refractivity contribution in [2.45, 2.75) is 92.0 Å². The van der Waals surface area contributed by atoms with Gasteiger partial charge in [-0.25, -0.2) is 0 Å². The Morgan fingerprint density at radius 1 is 0.980 bits per heavy atom. The van der Waals surface area contributed by atoms with E-state index in [2.05, 4.69) is 4.74 Å². The van der Waals surface area contributed by atoms with Crippen LogP contribution in [-0.2, 0) is 43.2 Å². The van der Waals surface area contributed by atoms with E-state index < -0.39 is 92.7 Å². The highest BCUT2D eigenvalue weighted by Gasteiger charge is 2.76. The van der Waals surface area contributed by atoms with E-state index in [9.17, 15) is 52.2 Å². The molecule has 5 rings (SSSR count). The average Bonchev–Trinajstić information content (AvgIpc) is 2.96. The van der Waals surface area contributed by atoms with Crippen molar-refractivity contribution < 1.29 is 56.9 Å². The minimum absolute atomic E-state index is 0.0750. The van der Waals surface area contributed by atoms with Crippen LogP contribution >= 0.6 is 0 Å². The number of phenols is 1.